The van der Waals surface area contributed by atoms with Crippen LogP contribution in [-0.2, 0) is 4.79 Å². The fraction of sp³-hybridized carbons (Fsp3) is 0.889. The second-order valence-electron chi connectivity index (χ2n) is 3.95. The molecule has 1 amide bonds. The fourth-order valence-corrected chi connectivity index (χ4v) is 1.88. The molecule has 2 rings (SSSR count). The highest BCUT2D eigenvalue weighted by molar-refractivity contribution is 5.80. The van der Waals surface area contributed by atoms with Gasteiger partial charge >= 0.3 is 0 Å². The van der Waals surface area contributed by atoms with Crippen LogP contribution in [0.1, 0.15) is 6.42 Å². The van der Waals surface area contributed by atoms with Crippen LogP contribution in [0.5, 0.6) is 0 Å². The van der Waals surface area contributed by atoms with Crippen LogP contribution in [0.3, 0.4) is 0 Å². The third-order valence-corrected chi connectivity index (χ3v) is 2.95. The Morgan fingerprint density at radius 3 is 2.77 bits per heavy atom. The van der Waals surface area contributed by atoms with Gasteiger partial charge in [-0.3, -0.25) is 9.18 Å². The summed E-state index contributed by atoms with van der Waals surface area (Å²) in [5.74, 6) is 0.477. The van der Waals surface area contributed by atoms with Crippen molar-refractivity contribution in [1.82, 2.24) is 10.2 Å². The summed E-state index contributed by atoms with van der Waals surface area (Å²) in [6.45, 7) is 2.70. The van der Waals surface area contributed by atoms with Crippen molar-refractivity contribution in [2.24, 2.45) is 11.8 Å². The van der Waals surface area contributed by atoms with E-state index >= 15 is 0 Å². The first-order valence-corrected chi connectivity index (χ1v) is 4.86. The van der Waals surface area contributed by atoms with Crippen LogP contribution in [0.15, 0.2) is 0 Å². The minimum atomic E-state index is -0.285. The maximum Gasteiger partial charge on any atom is 0.228 e. The van der Waals surface area contributed by atoms with E-state index in [9.17, 15) is 9.18 Å². The highest BCUT2D eigenvalue weighted by Crippen LogP contribution is 2.19. The lowest BCUT2D eigenvalue weighted by atomic mass is 10.0. The monoisotopic (exact) mass is 186 g/mol. The molecule has 74 valence electrons. The van der Waals surface area contributed by atoms with Crippen LogP contribution in [0, 0.1) is 11.8 Å². The summed E-state index contributed by atoms with van der Waals surface area (Å²) >= 11 is 0. The van der Waals surface area contributed by atoms with E-state index in [1.807, 2.05) is 4.90 Å². The molecule has 0 aliphatic carbocycles. The van der Waals surface area contributed by atoms with Crippen LogP contribution in [0.25, 0.3) is 0 Å². The minimum Gasteiger partial charge on any atom is -0.342 e. The van der Waals surface area contributed by atoms with Crippen LogP contribution >= 0.6 is 0 Å². The van der Waals surface area contributed by atoms with Gasteiger partial charge in [-0.15, -0.1) is 0 Å². The van der Waals surface area contributed by atoms with Crippen LogP contribution in [0.2, 0.25) is 0 Å². The Balaban J connectivity index is 1.84. The van der Waals surface area contributed by atoms with Crippen molar-refractivity contribution < 1.29 is 9.18 Å². The van der Waals surface area contributed by atoms with Gasteiger partial charge < -0.3 is 10.2 Å². The lowest BCUT2D eigenvalue weighted by molar-refractivity contribution is -0.136. The second kappa shape index (κ2) is 3.62. The topological polar surface area (TPSA) is 32.3 Å². The zero-order chi connectivity index (χ0) is 9.26. The van der Waals surface area contributed by atoms with Gasteiger partial charge in [0.05, 0.1) is 12.6 Å². The number of nitrogens with one attached hydrogen (secondary N) is 1. The summed E-state index contributed by atoms with van der Waals surface area (Å²) in [5.41, 5.74) is 0. The van der Waals surface area contributed by atoms with Crippen molar-refractivity contribution in [3.05, 3.63) is 0 Å². The average Bonchev–Trinajstić information content (AvgIpc) is 2.48. The number of amides is 1. The molecule has 2 saturated heterocycles. The molecule has 0 aromatic heterocycles. The Hall–Kier alpha value is -0.640. The molecule has 1 N–H and O–H groups in total. The molecule has 0 unspecified atom stereocenters. The van der Waals surface area contributed by atoms with Crippen molar-refractivity contribution in [3.8, 4) is 0 Å². The number of nitrogens with zero attached hydrogens (tertiary/aromatic N) is 1. The summed E-state index contributed by atoms with van der Waals surface area (Å²) in [4.78, 5) is 13.5. The summed E-state index contributed by atoms with van der Waals surface area (Å²) < 4.78 is 12.3. The van der Waals surface area contributed by atoms with Crippen molar-refractivity contribution >= 4 is 5.91 Å². The van der Waals surface area contributed by atoms with Gasteiger partial charge in [-0.1, -0.05) is 0 Å². The predicted molar refractivity (Wildman–Crippen MR) is 47.0 cm³/mol. The highest BCUT2D eigenvalue weighted by atomic mass is 19.1. The number of carbonyl (C=O) groups excluding carboxylic acids is 1. The Bertz CT molecular complexity index is 206. The van der Waals surface area contributed by atoms with E-state index < -0.39 is 0 Å². The normalized spacial score (nSPS) is 29.0. The van der Waals surface area contributed by atoms with Gasteiger partial charge in [0.15, 0.2) is 0 Å². The van der Waals surface area contributed by atoms with E-state index in [2.05, 4.69) is 5.32 Å². The zero-order valence-corrected chi connectivity index (χ0v) is 7.63. The number of hydrogen-bond acceptors (Lipinski definition) is 2. The largest absolute Gasteiger partial charge is 0.342 e. The van der Waals surface area contributed by atoms with E-state index in [1.165, 1.54) is 0 Å². The average molecular weight is 186 g/mol. The van der Waals surface area contributed by atoms with Gasteiger partial charge in [0, 0.05) is 32.1 Å². The predicted octanol–water partition coefficient (Wildman–Crippen LogP) is 0.0238. The first-order valence-electron chi connectivity index (χ1n) is 4.86. The second-order valence-corrected chi connectivity index (χ2v) is 3.95. The van der Waals surface area contributed by atoms with Gasteiger partial charge in [-0.25, -0.2) is 0 Å². The third kappa shape index (κ3) is 1.68. The Morgan fingerprint density at radius 1 is 1.54 bits per heavy atom. The molecule has 0 spiro atoms. The van der Waals surface area contributed by atoms with E-state index in [0.29, 0.717) is 6.54 Å². The number of carbonyl (C=O) groups is 1. The summed E-state index contributed by atoms with van der Waals surface area (Å²) in [6, 6.07) is 0. The highest BCUT2D eigenvalue weighted by Gasteiger charge is 2.33. The molecule has 2 fully saturated rings. The lowest BCUT2D eigenvalue weighted by Gasteiger charge is -2.30. The summed E-state index contributed by atoms with van der Waals surface area (Å²) in [7, 11) is 0. The maximum atomic E-state index is 12.3. The summed E-state index contributed by atoms with van der Waals surface area (Å²) in [6.07, 6.45) is 0.836. The number of hydrogen-bond donors (Lipinski definition) is 1. The molecule has 4 heteroatoms. The molecule has 2 aliphatic rings. The maximum absolute atomic E-state index is 12.3. The molecule has 13 heavy (non-hydrogen) atoms. The molecule has 0 bridgehead atoms. The van der Waals surface area contributed by atoms with Crippen molar-refractivity contribution in [3.63, 3.8) is 0 Å². The van der Waals surface area contributed by atoms with Gasteiger partial charge in [-0.2, -0.15) is 0 Å². The molecule has 2 aliphatic heterocycles. The Kier molecular flexibility index (Phi) is 2.49. The van der Waals surface area contributed by atoms with Crippen LogP contribution in [-0.4, -0.2) is 43.7 Å². The number of alkyl halides is 1. The smallest absolute Gasteiger partial charge is 0.228 e. The van der Waals surface area contributed by atoms with E-state index in [4.69, 9.17) is 0 Å². The first-order chi connectivity index (χ1) is 6.31. The number of halogens is 1. The van der Waals surface area contributed by atoms with E-state index in [-0.39, 0.29) is 24.4 Å². The molecular formula is C9H15FN2O. The standard InChI is InChI=1S/C9H15FN2O/c10-3-7-1-2-12(6-7)9(13)8-4-11-5-8/h7-8,11H,1-6H2/t7-/m0/s1. The molecule has 2 heterocycles. The molecule has 0 saturated carbocycles. The molecule has 0 radical (unpaired) electrons. The van der Waals surface area contributed by atoms with Gasteiger partial charge in [0.25, 0.3) is 0 Å². The molecule has 3 nitrogen and oxygen atoms in total. The zero-order valence-electron chi connectivity index (χ0n) is 7.63. The third-order valence-electron chi connectivity index (χ3n) is 2.95. The van der Waals surface area contributed by atoms with Crippen LogP contribution in [0.4, 0.5) is 4.39 Å². The molecular weight excluding hydrogens is 171 g/mol. The van der Waals surface area contributed by atoms with Gasteiger partial charge in [-0.05, 0) is 6.42 Å². The van der Waals surface area contributed by atoms with Gasteiger partial charge in [0.2, 0.25) is 5.91 Å². The SMILES string of the molecule is O=C(C1CNC1)N1CC[C@@H](CF)C1. The quantitative estimate of drug-likeness (QED) is 0.659. The lowest BCUT2D eigenvalue weighted by Crippen LogP contribution is -2.51. The van der Waals surface area contributed by atoms with E-state index in [0.717, 1.165) is 26.1 Å². The molecule has 1 atom stereocenters. The van der Waals surface area contributed by atoms with Gasteiger partial charge in [0.1, 0.15) is 0 Å². The summed E-state index contributed by atoms with van der Waals surface area (Å²) in [5, 5.41) is 3.07. The van der Waals surface area contributed by atoms with Crippen molar-refractivity contribution in [1.29, 1.82) is 0 Å². The number of rotatable bonds is 2. The Morgan fingerprint density at radius 2 is 2.31 bits per heavy atom. The molecule has 0 aromatic carbocycles. The first kappa shape index (κ1) is 8.94. The van der Waals surface area contributed by atoms with Crippen molar-refractivity contribution in [2.45, 2.75) is 6.42 Å². The number of likely N-dealkylation sites (tertiary alicyclic amines) is 1. The Labute approximate surface area is 77.3 Å². The van der Waals surface area contributed by atoms with E-state index in [1.54, 1.807) is 0 Å². The minimum absolute atomic E-state index is 0.0944. The van der Waals surface area contributed by atoms with Crippen LogP contribution < -0.4 is 5.32 Å². The van der Waals surface area contributed by atoms with Crippen molar-refractivity contribution in [2.75, 3.05) is 32.9 Å². The fourth-order valence-electron chi connectivity index (χ4n) is 1.88. The molecule has 0 aromatic rings.